The van der Waals surface area contributed by atoms with Gasteiger partial charge in [0.25, 0.3) is 0 Å². The molecular weight excluding hydrogens is 1200 g/mol. The van der Waals surface area contributed by atoms with Crippen molar-refractivity contribution in [3.05, 3.63) is 370 Å². The first kappa shape index (κ1) is 58.6. The van der Waals surface area contributed by atoms with Gasteiger partial charge in [-0.05, 0) is 145 Å². The molecule has 0 N–H and O–H groups in total. The van der Waals surface area contributed by atoms with Crippen LogP contribution in [0.1, 0.15) is 12.6 Å². The van der Waals surface area contributed by atoms with Crippen LogP contribution in [0.15, 0.2) is 364 Å². The van der Waals surface area contributed by atoms with Crippen molar-refractivity contribution >= 4 is 76.1 Å². The first-order chi connectivity index (χ1) is 49.1. The molecule has 0 unspecified atom stereocenters. The second kappa shape index (κ2) is 25.0. The Kier molecular flexibility index (Phi) is 14.8. The molecule has 5 heteroatoms. The molecule has 0 amide bonds. The van der Waals surface area contributed by atoms with Crippen LogP contribution in [0.3, 0.4) is 0 Å². The fourth-order valence-corrected chi connectivity index (χ4v) is 15.1. The Labute approximate surface area is 574 Å². The lowest BCUT2D eigenvalue weighted by Gasteiger charge is -2.18. The summed E-state index contributed by atoms with van der Waals surface area (Å²) in [5.74, 6) is 0.686. The van der Waals surface area contributed by atoms with E-state index in [2.05, 4.69) is 360 Å². The molecule has 19 aromatic rings. The minimum atomic E-state index is 0.686. The number of hydrogen-bond donors (Lipinski definition) is 0. The maximum absolute atomic E-state index is 5.33. The molecule has 4 heterocycles. The van der Waals surface area contributed by atoms with Gasteiger partial charge in [-0.25, -0.2) is 9.97 Å². The number of nitrogens with zero attached hydrogens (tertiary/aromatic N) is 5. The van der Waals surface area contributed by atoms with Crippen LogP contribution < -0.4 is 0 Å². The normalized spacial score (nSPS) is 11.5. The maximum atomic E-state index is 5.33. The van der Waals surface area contributed by atoms with E-state index >= 15 is 0 Å². The van der Waals surface area contributed by atoms with Crippen LogP contribution in [0, 0.1) is 0 Å². The predicted molar refractivity (Wildman–Crippen MR) is 416 cm³/mol. The lowest BCUT2D eigenvalue weighted by Crippen LogP contribution is -2.01. The largest absolute Gasteiger partial charge is 0.314 e. The monoisotopic (exact) mass is 1260 g/mol. The van der Waals surface area contributed by atoms with E-state index in [0.29, 0.717) is 5.82 Å². The SMILES string of the molecule is CCc1cc2ccccc2n1-c1ccc(-c2c3ccccc3c(-c3ccc(-c4ccccc4)cc3)c3ccccc23)cc1.c1ccc(-c2ccc(-c3cc(-c4cc(-n5c6ccccc6c6ccccc65)cc(-n5c6ccccc6c6ccccc65)c4)nc(-c4ccccc4)n3)cc2)cc1. The quantitative estimate of drug-likeness (QED) is 0.121. The van der Waals surface area contributed by atoms with Crippen LogP contribution in [0.5, 0.6) is 0 Å². The molecule has 0 saturated heterocycles. The summed E-state index contributed by atoms with van der Waals surface area (Å²) in [4.78, 5) is 10.5. The summed E-state index contributed by atoms with van der Waals surface area (Å²) in [5.41, 5.74) is 25.1. The van der Waals surface area contributed by atoms with Crippen LogP contribution >= 0.6 is 0 Å². The van der Waals surface area contributed by atoms with Gasteiger partial charge in [-0.15, -0.1) is 0 Å². The van der Waals surface area contributed by atoms with E-state index in [9.17, 15) is 0 Å². The molecule has 0 spiro atoms. The standard InChI is InChI=1S/C52H34N4.C42H31N/c1-3-15-35(16-4-1)36-27-29-37(30-28-36)46-34-47(54-52(53-46)38-17-5-2-6-18-38)39-31-40(55-48-23-11-7-19-42(48)43-20-8-12-24-49(43)55)33-41(32-39)56-50-25-13-9-21-44(50)45-22-10-14-26-51(45)56;1-2-34-28-33-14-6-11-19-40(33)43(34)35-26-24-32(25-27-35)42-38-17-9-7-15-36(38)41(37-16-8-10-18-39(37)42)31-22-20-30(21-23-31)29-12-4-3-5-13-29/h1-34H;3-28H,2H2,1H3. The van der Waals surface area contributed by atoms with Gasteiger partial charge in [0, 0.05) is 66.4 Å². The first-order valence-corrected chi connectivity index (χ1v) is 34.1. The number of fused-ring (bicyclic) bond motifs is 9. The molecule has 0 saturated carbocycles. The molecule has 99 heavy (non-hydrogen) atoms. The van der Waals surface area contributed by atoms with E-state index in [0.717, 1.165) is 67.9 Å². The molecular formula is C94H65N5. The molecule has 5 nitrogen and oxygen atoms in total. The van der Waals surface area contributed by atoms with E-state index in [1.165, 1.54) is 110 Å². The van der Waals surface area contributed by atoms with Crippen LogP contribution in [0.4, 0.5) is 0 Å². The summed E-state index contributed by atoms with van der Waals surface area (Å²) < 4.78 is 7.19. The molecule has 4 aromatic heterocycles. The smallest absolute Gasteiger partial charge is 0.160 e. The summed E-state index contributed by atoms with van der Waals surface area (Å²) in [5, 5.41) is 11.3. The average Bonchev–Trinajstić information content (AvgIpc) is 1.37. The molecule has 15 aromatic carbocycles. The van der Waals surface area contributed by atoms with Crippen molar-refractivity contribution < 1.29 is 0 Å². The van der Waals surface area contributed by atoms with Crippen molar-refractivity contribution in [2.45, 2.75) is 13.3 Å². The summed E-state index contributed by atoms with van der Waals surface area (Å²) in [6.07, 6.45) is 0.986. The third-order valence-electron chi connectivity index (χ3n) is 19.7. The number of hydrogen-bond acceptors (Lipinski definition) is 2. The number of aryl methyl sites for hydroxylation is 1. The lowest BCUT2D eigenvalue weighted by atomic mass is 9.85. The van der Waals surface area contributed by atoms with Gasteiger partial charge in [0.05, 0.1) is 39.0 Å². The second-order valence-electron chi connectivity index (χ2n) is 25.5. The van der Waals surface area contributed by atoms with Gasteiger partial charge >= 0.3 is 0 Å². The van der Waals surface area contributed by atoms with Crippen molar-refractivity contribution in [2.24, 2.45) is 0 Å². The topological polar surface area (TPSA) is 40.6 Å². The van der Waals surface area contributed by atoms with Gasteiger partial charge in [0.15, 0.2) is 5.82 Å². The van der Waals surface area contributed by atoms with Crippen molar-refractivity contribution in [1.29, 1.82) is 0 Å². The zero-order valence-electron chi connectivity index (χ0n) is 54.6. The highest BCUT2D eigenvalue weighted by atomic mass is 15.0. The molecule has 0 fully saturated rings. The highest BCUT2D eigenvalue weighted by molar-refractivity contribution is 6.21. The lowest BCUT2D eigenvalue weighted by molar-refractivity contribution is 0.961. The Hall–Kier alpha value is -13.0. The molecule has 0 atom stereocenters. The molecule has 0 radical (unpaired) electrons. The molecule has 0 bridgehead atoms. The van der Waals surface area contributed by atoms with Crippen LogP contribution in [-0.2, 0) is 6.42 Å². The maximum Gasteiger partial charge on any atom is 0.160 e. The molecule has 0 aliphatic carbocycles. The number of aromatic nitrogens is 5. The van der Waals surface area contributed by atoms with E-state index < -0.39 is 0 Å². The fourth-order valence-electron chi connectivity index (χ4n) is 15.1. The Morgan fingerprint density at radius 3 is 0.970 bits per heavy atom. The summed E-state index contributed by atoms with van der Waals surface area (Å²) in [6.45, 7) is 2.23. The Balaban J connectivity index is 0.000000148. The van der Waals surface area contributed by atoms with Crippen LogP contribution in [0.25, 0.3) is 172 Å². The summed E-state index contributed by atoms with van der Waals surface area (Å²) in [6, 6.07) is 131. The first-order valence-electron chi connectivity index (χ1n) is 34.1. The number of rotatable bonds is 11. The van der Waals surface area contributed by atoms with Gasteiger partial charge in [-0.1, -0.05) is 298 Å². The van der Waals surface area contributed by atoms with Crippen LogP contribution in [-0.4, -0.2) is 23.7 Å². The van der Waals surface area contributed by atoms with Crippen molar-refractivity contribution in [3.63, 3.8) is 0 Å². The minimum absolute atomic E-state index is 0.686. The average molecular weight is 1260 g/mol. The third kappa shape index (κ3) is 10.5. The van der Waals surface area contributed by atoms with Crippen molar-refractivity contribution in [2.75, 3.05) is 0 Å². The fraction of sp³-hybridized carbons (Fsp3) is 0.0213. The van der Waals surface area contributed by atoms with Gasteiger partial charge in [-0.2, -0.15) is 0 Å². The second-order valence-corrected chi connectivity index (χ2v) is 25.5. The highest BCUT2D eigenvalue weighted by Gasteiger charge is 2.22. The van der Waals surface area contributed by atoms with E-state index in [1.807, 2.05) is 24.3 Å². The predicted octanol–water partition coefficient (Wildman–Crippen LogP) is 24.8. The zero-order chi connectivity index (χ0) is 65.8. The third-order valence-corrected chi connectivity index (χ3v) is 19.7. The van der Waals surface area contributed by atoms with Gasteiger partial charge < -0.3 is 13.7 Å². The minimum Gasteiger partial charge on any atom is -0.314 e. The van der Waals surface area contributed by atoms with E-state index in [1.54, 1.807) is 0 Å². The van der Waals surface area contributed by atoms with Gasteiger partial charge in [0.2, 0.25) is 0 Å². The summed E-state index contributed by atoms with van der Waals surface area (Å²) >= 11 is 0. The number of benzene rings is 15. The molecule has 19 rings (SSSR count). The van der Waals surface area contributed by atoms with E-state index in [4.69, 9.17) is 9.97 Å². The van der Waals surface area contributed by atoms with Gasteiger partial charge in [0.1, 0.15) is 0 Å². The number of para-hydroxylation sites is 5. The highest BCUT2D eigenvalue weighted by Crippen LogP contribution is 2.45. The van der Waals surface area contributed by atoms with Crippen molar-refractivity contribution in [1.82, 2.24) is 23.7 Å². The Morgan fingerprint density at radius 2 is 0.545 bits per heavy atom. The van der Waals surface area contributed by atoms with Crippen molar-refractivity contribution in [3.8, 4) is 95.5 Å². The Bertz CT molecular complexity index is 5930. The molecule has 466 valence electrons. The Morgan fingerprint density at radius 1 is 0.222 bits per heavy atom. The summed E-state index contributed by atoms with van der Waals surface area (Å²) in [7, 11) is 0. The zero-order valence-corrected chi connectivity index (χ0v) is 54.6. The van der Waals surface area contributed by atoms with Crippen LogP contribution in [0.2, 0.25) is 0 Å². The molecule has 0 aliphatic heterocycles. The van der Waals surface area contributed by atoms with E-state index in [-0.39, 0.29) is 0 Å². The molecule has 0 aliphatic rings. The van der Waals surface area contributed by atoms with Gasteiger partial charge in [-0.3, -0.25) is 0 Å².